The van der Waals surface area contributed by atoms with Crippen molar-refractivity contribution >= 4 is 6.29 Å². The first-order valence-electron chi connectivity index (χ1n) is 3.90. The van der Waals surface area contributed by atoms with Gasteiger partial charge < -0.3 is 9.72 Å². The summed E-state index contributed by atoms with van der Waals surface area (Å²) in [6.07, 6.45) is -5.15. The van der Waals surface area contributed by atoms with Crippen LogP contribution in [0.5, 0.6) is 5.75 Å². The van der Waals surface area contributed by atoms with Gasteiger partial charge in [-0.05, 0) is 0 Å². The van der Waals surface area contributed by atoms with Crippen molar-refractivity contribution in [3.8, 4) is 5.75 Å². The van der Waals surface area contributed by atoms with Gasteiger partial charge >= 0.3 is 6.36 Å². The summed E-state index contributed by atoms with van der Waals surface area (Å²) in [5, 5.41) is 0. The number of ether oxygens (including phenoxy) is 1. The first-order valence-corrected chi connectivity index (χ1v) is 3.90. The van der Waals surface area contributed by atoms with Crippen molar-refractivity contribution in [3.05, 3.63) is 27.7 Å². The molecule has 0 aromatic carbocycles. The van der Waals surface area contributed by atoms with Crippen LogP contribution in [0.15, 0.2) is 10.9 Å². The van der Waals surface area contributed by atoms with Crippen LogP contribution in [-0.2, 0) is 6.67 Å². The zero-order valence-corrected chi connectivity index (χ0v) is 7.60. The third-order valence-electron chi connectivity index (χ3n) is 1.58. The lowest BCUT2D eigenvalue weighted by Gasteiger charge is -2.10. The Bertz CT molecular complexity index is 452. The highest BCUT2D eigenvalue weighted by Gasteiger charge is 2.32. The molecule has 0 aliphatic rings. The van der Waals surface area contributed by atoms with Crippen molar-refractivity contribution in [2.45, 2.75) is 13.0 Å². The van der Waals surface area contributed by atoms with Gasteiger partial charge in [-0.15, -0.1) is 13.2 Å². The predicted molar refractivity (Wildman–Crippen MR) is 43.9 cm³/mol. The van der Waals surface area contributed by atoms with E-state index in [0.29, 0.717) is 6.07 Å². The molecule has 0 saturated heterocycles. The number of alkyl halides is 4. The van der Waals surface area contributed by atoms with Gasteiger partial charge in [-0.1, -0.05) is 0 Å². The fraction of sp³-hybridized carbons (Fsp3) is 0.250. The first kappa shape index (κ1) is 12.2. The topological polar surface area (TPSA) is 59.2 Å². The van der Waals surface area contributed by atoms with Gasteiger partial charge in [-0.3, -0.25) is 9.59 Å². The minimum atomic E-state index is -5.06. The van der Waals surface area contributed by atoms with Crippen LogP contribution in [0.1, 0.15) is 16.1 Å². The highest BCUT2D eigenvalue weighted by Crippen LogP contribution is 2.24. The van der Waals surface area contributed by atoms with Crippen molar-refractivity contribution in [2.24, 2.45) is 0 Å². The number of aromatic nitrogens is 1. The van der Waals surface area contributed by atoms with Crippen molar-refractivity contribution in [1.29, 1.82) is 0 Å². The highest BCUT2D eigenvalue weighted by atomic mass is 19.4. The molecule has 1 N–H and O–H groups in total. The molecule has 0 atom stereocenters. The monoisotopic (exact) mass is 239 g/mol. The second kappa shape index (κ2) is 4.33. The number of aromatic amines is 1. The number of nitrogens with one attached hydrogen (secondary N) is 1. The molecule has 0 fully saturated rings. The van der Waals surface area contributed by atoms with Crippen LogP contribution in [0.4, 0.5) is 17.6 Å². The van der Waals surface area contributed by atoms with E-state index in [1.807, 2.05) is 4.98 Å². The molecule has 0 bridgehead atoms. The molecular weight excluding hydrogens is 234 g/mol. The summed E-state index contributed by atoms with van der Waals surface area (Å²) < 4.78 is 51.2. The lowest BCUT2D eigenvalue weighted by Crippen LogP contribution is -2.22. The number of hydrogen-bond donors (Lipinski definition) is 1. The van der Waals surface area contributed by atoms with Crippen LogP contribution >= 0.6 is 0 Å². The molecule has 0 aliphatic heterocycles. The van der Waals surface area contributed by atoms with E-state index in [2.05, 4.69) is 4.74 Å². The number of rotatable bonds is 3. The fourth-order valence-electron chi connectivity index (χ4n) is 0.990. The molecule has 0 spiro atoms. The van der Waals surface area contributed by atoms with E-state index < -0.39 is 35.6 Å². The Balaban J connectivity index is 3.29. The second-order valence-electron chi connectivity index (χ2n) is 2.70. The molecule has 16 heavy (non-hydrogen) atoms. The second-order valence-corrected chi connectivity index (χ2v) is 2.70. The average molecular weight is 239 g/mol. The minimum absolute atomic E-state index is 0.0953. The largest absolute Gasteiger partial charge is 0.573 e. The zero-order valence-electron chi connectivity index (χ0n) is 7.60. The van der Waals surface area contributed by atoms with Gasteiger partial charge in [0, 0.05) is 6.07 Å². The minimum Gasteiger partial charge on any atom is -0.405 e. The van der Waals surface area contributed by atoms with Gasteiger partial charge in [-0.2, -0.15) is 0 Å². The van der Waals surface area contributed by atoms with E-state index in [4.69, 9.17) is 0 Å². The van der Waals surface area contributed by atoms with Gasteiger partial charge in [0.05, 0.1) is 5.69 Å². The van der Waals surface area contributed by atoms with Gasteiger partial charge in [-0.25, -0.2) is 4.39 Å². The Labute approximate surface area is 85.8 Å². The normalized spacial score (nSPS) is 11.2. The lowest BCUT2D eigenvalue weighted by molar-refractivity contribution is -0.274. The maximum Gasteiger partial charge on any atom is 0.573 e. The van der Waals surface area contributed by atoms with Gasteiger partial charge in [0.25, 0.3) is 5.56 Å². The number of halogens is 4. The quantitative estimate of drug-likeness (QED) is 0.643. The average Bonchev–Trinajstić information content (AvgIpc) is 2.14. The number of H-pyrrole nitrogens is 1. The van der Waals surface area contributed by atoms with Crippen molar-refractivity contribution in [3.63, 3.8) is 0 Å². The van der Waals surface area contributed by atoms with Crippen molar-refractivity contribution < 1.29 is 27.1 Å². The van der Waals surface area contributed by atoms with Crippen molar-refractivity contribution in [1.82, 2.24) is 4.98 Å². The van der Waals surface area contributed by atoms with E-state index in [0.717, 1.165) is 0 Å². The first-order chi connectivity index (χ1) is 7.37. The number of aldehydes is 1. The highest BCUT2D eigenvalue weighted by molar-refractivity contribution is 5.78. The molecule has 0 amide bonds. The summed E-state index contributed by atoms with van der Waals surface area (Å²) in [6, 6.07) is 0.610. The Hall–Kier alpha value is -1.86. The van der Waals surface area contributed by atoms with E-state index >= 15 is 0 Å². The van der Waals surface area contributed by atoms with Crippen LogP contribution in [-0.4, -0.2) is 17.6 Å². The molecule has 0 radical (unpaired) electrons. The van der Waals surface area contributed by atoms with E-state index in [-0.39, 0.29) is 6.29 Å². The maximum atomic E-state index is 12.2. The summed E-state index contributed by atoms with van der Waals surface area (Å²) in [5.74, 6) is -1.01. The third kappa shape index (κ3) is 2.81. The van der Waals surface area contributed by atoms with Crippen molar-refractivity contribution in [2.75, 3.05) is 0 Å². The number of pyridine rings is 1. The smallest absolute Gasteiger partial charge is 0.405 e. The summed E-state index contributed by atoms with van der Waals surface area (Å²) in [5.41, 5.74) is -2.38. The molecule has 8 heteroatoms. The molecule has 1 aromatic rings. The Morgan fingerprint density at radius 3 is 2.50 bits per heavy atom. The molecule has 1 rings (SSSR count). The van der Waals surface area contributed by atoms with Crippen LogP contribution < -0.4 is 10.3 Å². The molecular formula is C8H5F4NO3. The van der Waals surface area contributed by atoms with E-state index in [9.17, 15) is 27.2 Å². The van der Waals surface area contributed by atoms with Gasteiger partial charge in [0.15, 0.2) is 6.29 Å². The molecule has 1 aromatic heterocycles. The molecule has 0 saturated carbocycles. The number of carbonyl (C=O) groups excluding carboxylic acids is 1. The zero-order chi connectivity index (χ0) is 12.3. The Kier molecular flexibility index (Phi) is 3.31. The van der Waals surface area contributed by atoms with Crippen LogP contribution in [0.2, 0.25) is 0 Å². The summed E-state index contributed by atoms with van der Waals surface area (Å²) in [7, 11) is 0. The van der Waals surface area contributed by atoms with Gasteiger partial charge in [0.2, 0.25) is 0 Å². The summed E-state index contributed by atoms with van der Waals surface area (Å²) in [6.45, 7) is -1.18. The number of hydrogen-bond acceptors (Lipinski definition) is 3. The molecule has 0 aliphatic carbocycles. The van der Waals surface area contributed by atoms with E-state index in [1.54, 1.807) is 0 Å². The summed E-state index contributed by atoms with van der Waals surface area (Å²) in [4.78, 5) is 23.3. The van der Waals surface area contributed by atoms with Crippen LogP contribution in [0.25, 0.3) is 0 Å². The van der Waals surface area contributed by atoms with Crippen LogP contribution in [0.3, 0.4) is 0 Å². The molecule has 4 nitrogen and oxygen atoms in total. The van der Waals surface area contributed by atoms with Gasteiger partial charge in [0.1, 0.15) is 18.0 Å². The van der Waals surface area contributed by atoms with E-state index in [1.165, 1.54) is 0 Å². The Morgan fingerprint density at radius 2 is 2.06 bits per heavy atom. The fourth-order valence-corrected chi connectivity index (χ4v) is 0.990. The Morgan fingerprint density at radius 1 is 1.44 bits per heavy atom. The summed E-state index contributed by atoms with van der Waals surface area (Å²) >= 11 is 0. The molecule has 0 unspecified atom stereocenters. The molecule has 88 valence electrons. The maximum absolute atomic E-state index is 12.2. The predicted octanol–water partition coefficient (Wildman–Crippen LogP) is 1.56. The van der Waals surface area contributed by atoms with Crippen LogP contribution in [0, 0.1) is 0 Å². The number of carbonyl (C=O) groups is 1. The SMILES string of the molecule is O=Cc1c(OC(F)(F)F)cc(CF)[nH]c1=O. The third-order valence-corrected chi connectivity index (χ3v) is 1.58. The molecule has 1 heterocycles. The standard InChI is InChI=1S/C8H5F4NO3/c9-2-4-1-6(16-8(10,11)12)5(3-14)7(15)13-4/h1,3H,2H2,(H,13,15). The lowest BCUT2D eigenvalue weighted by atomic mass is 10.2.